The highest BCUT2D eigenvalue weighted by Crippen LogP contribution is 1.99. The van der Waals surface area contributed by atoms with Gasteiger partial charge in [0.15, 0.2) is 5.96 Å². The average molecular weight is 450 g/mol. The molecule has 0 spiro atoms. The molecular formula is C16H31IN6O. The summed E-state index contributed by atoms with van der Waals surface area (Å²) in [5.74, 6) is 0.882. The number of hydrogen-bond donors (Lipinski definition) is 1. The third-order valence-corrected chi connectivity index (χ3v) is 3.61. The topological polar surface area (TPSA) is 65.8 Å². The van der Waals surface area contributed by atoms with Gasteiger partial charge in [0.2, 0.25) is 5.91 Å². The standard InChI is InChI=1S/C16H30N6O.HI/c1-6-17-16(18-10-9-14-11-19-21(5)12-14)20(4)13-15(23)22(7-2)8-3;/h11-12H,6-10,13H2,1-5H3,(H,17,18);1H. The maximum atomic E-state index is 12.2. The van der Waals surface area contributed by atoms with Crippen LogP contribution in [0.3, 0.4) is 0 Å². The second kappa shape index (κ2) is 12.1. The average Bonchev–Trinajstić information content (AvgIpc) is 2.93. The molecule has 8 heteroatoms. The minimum atomic E-state index is 0. The number of carbonyl (C=O) groups is 1. The van der Waals surface area contributed by atoms with Crippen molar-refractivity contribution in [1.82, 2.24) is 24.9 Å². The molecule has 1 aromatic heterocycles. The number of aromatic nitrogens is 2. The van der Waals surface area contributed by atoms with E-state index in [-0.39, 0.29) is 29.9 Å². The molecule has 0 radical (unpaired) electrons. The molecule has 1 N–H and O–H groups in total. The van der Waals surface area contributed by atoms with Gasteiger partial charge in [-0.25, -0.2) is 0 Å². The number of rotatable bonds is 8. The summed E-state index contributed by atoms with van der Waals surface area (Å²) in [5, 5.41) is 7.39. The molecule has 1 aromatic rings. The van der Waals surface area contributed by atoms with E-state index < -0.39 is 0 Å². The summed E-state index contributed by atoms with van der Waals surface area (Å²) in [5.41, 5.74) is 1.16. The molecule has 0 aromatic carbocycles. The van der Waals surface area contributed by atoms with Crippen LogP contribution in [0.5, 0.6) is 0 Å². The zero-order chi connectivity index (χ0) is 17.2. The second-order valence-corrected chi connectivity index (χ2v) is 5.43. The van der Waals surface area contributed by atoms with Crippen LogP contribution in [0.25, 0.3) is 0 Å². The fourth-order valence-corrected chi connectivity index (χ4v) is 2.32. The lowest BCUT2D eigenvalue weighted by molar-refractivity contribution is -0.131. The maximum Gasteiger partial charge on any atom is 0.242 e. The lowest BCUT2D eigenvalue weighted by Gasteiger charge is -2.25. The van der Waals surface area contributed by atoms with Crippen LogP contribution in [0.15, 0.2) is 17.4 Å². The largest absolute Gasteiger partial charge is 0.357 e. The minimum Gasteiger partial charge on any atom is -0.357 e. The molecule has 0 aliphatic heterocycles. The summed E-state index contributed by atoms with van der Waals surface area (Å²) in [7, 11) is 3.80. The molecule has 0 bridgehead atoms. The van der Waals surface area contributed by atoms with E-state index in [0.29, 0.717) is 13.1 Å². The van der Waals surface area contributed by atoms with Crippen molar-refractivity contribution in [2.45, 2.75) is 27.2 Å². The van der Waals surface area contributed by atoms with E-state index >= 15 is 0 Å². The highest BCUT2D eigenvalue weighted by Gasteiger charge is 2.14. The van der Waals surface area contributed by atoms with Crippen LogP contribution in [0.2, 0.25) is 0 Å². The van der Waals surface area contributed by atoms with Gasteiger partial charge in [-0.3, -0.25) is 14.5 Å². The van der Waals surface area contributed by atoms with Crippen LogP contribution >= 0.6 is 24.0 Å². The number of likely N-dealkylation sites (N-methyl/N-ethyl adjacent to an activating group) is 2. The van der Waals surface area contributed by atoms with Gasteiger partial charge in [-0.1, -0.05) is 0 Å². The Morgan fingerprint density at radius 2 is 2.00 bits per heavy atom. The maximum absolute atomic E-state index is 12.2. The number of hydrogen-bond acceptors (Lipinski definition) is 3. The molecule has 0 aliphatic rings. The first-order valence-electron chi connectivity index (χ1n) is 8.26. The predicted molar refractivity (Wildman–Crippen MR) is 109 cm³/mol. The second-order valence-electron chi connectivity index (χ2n) is 5.43. The number of guanidine groups is 1. The molecule has 138 valence electrons. The molecule has 0 saturated heterocycles. The van der Waals surface area contributed by atoms with Crippen LogP contribution in [-0.2, 0) is 18.3 Å². The SMILES string of the molecule is CCNC(=NCCc1cnn(C)c1)N(C)CC(=O)N(CC)CC.I. The van der Waals surface area contributed by atoms with E-state index in [1.54, 1.807) is 4.68 Å². The smallest absolute Gasteiger partial charge is 0.242 e. The number of nitrogens with one attached hydrogen (secondary N) is 1. The van der Waals surface area contributed by atoms with Gasteiger partial charge < -0.3 is 15.1 Å². The van der Waals surface area contributed by atoms with Gasteiger partial charge in [-0.2, -0.15) is 5.10 Å². The normalized spacial score (nSPS) is 11.0. The first kappa shape index (κ1) is 22.7. The Balaban J connectivity index is 0.00000529. The monoisotopic (exact) mass is 450 g/mol. The molecule has 0 fully saturated rings. The molecule has 1 heterocycles. The molecule has 0 atom stereocenters. The zero-order valence-electron chi connectivity index (χ0n) is 15.4. The lowest BCUT2D eigenvalue weighted by atomic mass is 10.2. The highest BCUT2D eigenvalue weighted by atomic mass is 127. The van der Waals surface area contributed by atoms with Gasteiger partial charge in [-0.15, -0.1) is 24.0 Å². The third kappa shape index (κ3) is 7.50. The quantitative estimate of drug-likeness (QED) is 0.369. The van der Waals surface area contributed by atoms with Crippen LogP contribution in [0, 0.1) is 0 Å². The molecule has 24 heavy (non-hydrogen) atoms. The first-order valence-corrected chi connectivity index (χ1v) is 8.26. The Morgan fingerprint density at radius 1 is 1.33 bits per heavy atom. The highest BCUT2D eigenvalue weighted by molar-refractivity contribution is 14.0. The number of nitrogens with zero attached hydrogens (tertiary/aromatic N) is 5. The van der Waals surface area contributed by atoms with Gasteiger partial charge in [0.1, 0.15) is 0 Å². The molecule has 1 amide bonds. The first-order chi connectivity index (χ1) is 11.0. The molecule has 0 aliphatic carbocycles. The van der Waals surface area contributed by atoms with Gasteiger partial charge >= 0.3 is 0 Å². The predicted octanol–water partition coefficient (Wildman–Crippen LogP) is 1.35. The van der Waals surface area contributed by atoms with Crippen molar-refractivity contribution in [2.75, 3.05) is 39.8 Å². The number of aliphatic imine (C=N–C) groups is 1. The lowest BCUT2D eigenvalue weighted by Crippen LogP contribution is -2.45. The Hall–Kier alpha value is -1.32. The van der Waals surface area contributed by atoms with Crippen molar-refractivity contribution in [3.63, 3.8) is 0 Å². The minimum absolute atomic E-state index is 0. The van der Waals surface area contributed by atoms with Gasteiger partial charge in [-0.05, 0) is 32.8 Å². The molecule has 7 nitrogen and oxygen atoms in total. The molecule has 0 saturated carbocycles. The third-order valence-electron chi connectivity index (χ3n) is 3.61. The fourth-order valence-electron chi connectivity index (χ4n) is 2.32. The van der Waals surface area contributed by atoms with E-state index in [1.165, 1.54) is 0 Å². The molecular weight excluding hydrogens is 419 g/mol. The summed E-state index contributed by atoms with van der Waals surface area (Å²) in [4.78, 5) is 20.5. The number of halogens is 1. The van der Waals surface area contributed by atoms with E-state index in [4.69, 9.17) is 0 Å². The van der Waals surface area contributed by atoms with E-state index in [9.17, 15) is 4.79 Å². The summed E-state index contributed by atoms with van der Waals surface area (Å²) in [6.45, 7) is 9.25. The van der Waals surface area contributed by atoms with Crippen molar-refractivity contribution in [2.24, 2.45) is 12.0 Å². The van der Waals surface area contributed by atoms with Gasteiger partial charge in [0, 0.05) is 46.5 Å². The fraction of sp³-hybridized carbons (Fsp3) is 0.688. The Labute approximate surface area is 162 Å². The summed E-state index contributed by atoms with van der Waals surface area (Å²) >= 11 is 0. The molecule has 1 rings (SSSR count). The summed E-state index contributed by atoms with van der Waals surface area (Å²) in [6.07, 6.45) is 4.69. The number of aryl methyl sites for hydroxylation is 1. The Bertz CT molecular complexity index is 512. The van der Waals surface area contributed by atoms with Crippen molar-refractivity contribution in [3.8, 4) is 0 Å². The Morgan fingerprint density at radius 3 is 2.50 bits per heavy atom. The van der Waals surface area contributed by atoms with Crippen molar-refractivity contribution < 1.29 is 4.79 Å². The summed E-state index contributed by atoms with van der Waals surface area (Å²) < 4.78 is 1.79. The van der Waals surface area contributed by atoms with Crippen LogP contribution in [0.1, 0.15) is 26.3 Å². The van der Waals surface area contributed by atoms with Gasteiger partial charge in [0.05, 0.1) is 12.7 Å². The van der Waals surface area contributed by atoms with Crippen LogP contribution in [-0.4, -0.2) is 71.2 Å². The Kier molecular flexibility index (Phi) is 11.4. The van der Waals surface area contributed by atoms with E-state index in [0.717, 1.165) is 37.6 Å². The van der Waals surface area contributed by atoms with Crippen molar-refractivity contribution >= 4 is 35.8 Å². The number of amides is 1. The zero-order valence-corrected chi connectivity index (χ0v) is 17.8. The number of carbonyl (C=O) groups excluding carboxylic acids is 1. The van der Waals surface area contributed by atoms with Crippen LogP contribution in [0.4, 0.5) is 0 Å². The van der Waals surface area contributed by atoms with Crippen molar-refractivity contribution in [3.05, 3.63) is 18.0 Å². The van der Waals surface area contributed by atoms with E-state index in [2.05, 4.69) is 15.4 Å². The van der Waals surface area contributed by atoms with Gasteiger partial charge in [0.25, 0.3) is 0 Å². The van der Waals surface area contributed by atoms with Crippen LogP contribution < -0.4 is 5.32 Å². The van der Waals surface area contributed by atoms with E-state index in [1.807, 2.05) is 57.1 Å². The summed E-state index contributed by atoms with van der Waals surface area (Å²) in [6, 6.07) is 0. The molecule has 0 unspecified atom stereocenters. The van der Waals surface area contributed by atoms with Crippen molar-refractivity contribution in [1.29, 1.82) is 0 Å².